The fraction of sp³-hybridized carbons (Fsp3) is 0.357. The standard InChI is InChI=1S/C14H17ClNOS.FHO3S/c1-4-11(17-3)9-14-16(5-2)12-8-10(15)6-7-13(12)18-14;1-5(2,3)4/h6-9H,4-5H2,1-3H3;(H,2,3,4)/q+1;/p-1/b11-9+;. The lowest BCUT2D eigenvalue weighted by molar-refractivity contribution is -0.665. The van der Waals surface area contributed by atoms with Gasteiger partial charge in [0.15, 0.2) is 0 Å². The van der Waals surface area contributed by atoms with Gasteiger partial charge in [-0.25, -0.2) is 8.42 Å². The van der Waals surface area contributed by atoms with E-state index in [1.807, 2.05) is 12.1 Å². The Kier molecular flexibility index (Phi) is 7.40. The molecular formula is C14H17ClFNO4S2. The van der Waals surface area contributed by atoms with Gasteiger partial charge in [-0.3, -0.25) is 0 Å². The molecule has 1 heterocycles. The molecule has 0 radical (unpaired) electrons. The molecule has 5 nitrogen and oxygen atoms in total. The van der Waals surface area contributed by atoms with Crippen molar-refractivity contribution in [2.45, 2.75) is 26.8 Å². The fourth-order valence-electron chi connectivity index (χ4n) is 1.95. The topological polar surface area (TPSA) is 70.3 Å². The van der Waals surface area contributed by atoms with Crippen LogP contribution in [0.5, 0.6) is 0 Å². The Bertz CT molecular complexity index is 788. The van der Waals surface area contributed by atoms with E-state index in [1.165, 1.54) is 15.2 Å². The Labute approximate surface area is 144 Å². The number of aromatic nitrogens is 1. The van der Waals surface area contributed by atoms with Gasteiger partial charge < -0.3 is 9.29 Å². The molecule has 0 aliphatic heterocycles. The monoisotopic (exact) mass is 381 g/mol. The molecule has 0 bridgehead atoms. The molecule has 0 aliphatic carbocycles. The largest absolute Gasteiger partial charge is 0.722 e. The van der Waals surface area contributed by atoms with Crippen molar-refractivity contribution in [2.75, 3.05) is 7.11 Å². The van der Waals surface area contributed by atoms with E-state index in [4.69, 9.17) is 29.3 Å². The fourth-order valence-corrected chi connectivity index (χ4v) is 3.28. The zero-order chi connectivity index (χ0) is 17.6. The first kappa shape index (κ1) is 19.8. The summed E-state index contributed by atoms with van der Waals surface area (Å²) in [6.07, 6.45) is 3.01. The number of benzene rings is 1. The van der Waals surface area contributed by atoms with Crippen LogP contribution in [0.25, 0.3) is 16.3 Å². The number of allylic oxidation sites excluding steroid dienone is 1. The van der Waals surface area contributed by atoms with Gasteiger partial charge in [0.05, 0.1) is 13.2 Å². The summed E-state index contributed by atoms with van der Waals surface area (Å²) in [5, 5.41) is 1.98. The molecule has 9 heteroatoms. The van der Waals surface area contributed by atoms with Crippen LogP contribution in [0.15, 0.2) is 24.0 Å². The minimum atomic E-state index is -5.42. The van der Waals surface area contributed by atoms with Crippen LogP contribution in [0.1, 0.15) is 25.3 Å². The van der Waals surface area contributed by atoms with Gasteiger partial charge in [-0.1, -0.05) is 29.9 Å². The molecule has 0 unspecified atom stereocenters. The average Bonchev–Trinajstić information content (AvgIpc) is 2.79. The van der Waals surface area contributed by atoms with Gasteiger partial charge in [0, 0.05) is 17.5 Å². The number of halogens is 2. The molecule has 0 spiro atoms. The van der Waals surface area contributed by atoms with Gasteiger partial charge in [0.25, 0.3) is 15.5 Å². The number of aryl methyl sites for hydroxylation is 1. The Balaban J connectivity index is 0.000000463. The maximum Gasteiger partial charge on any atom is 0.266 e. The van der Waals surface area contributed by atoms with Crippen molar-refractivity contribution >= 4 is 49.7 Å². The molecule has 0 saturated heterocycles. The molecular weight excluding hydrogens is 365 g/mol. The van der Waals surface area contributed by atoms with Crippen molar-refractivity contribution in [3.8, 4) is 0 Å². The van der Waals surface area contributed by atoms with Crippen LogP contribution >= 0.6 is 22.9 Å². The minimum absolute atomic E-state index is 0.778. The van der Waals surface area contributed by atoms with E-state index in [1.54, 1.807) is 18.4 Å². The first-order chi connectivity index (χ1) is 10.7. The number of thiazole rings is 1. The lowest BCUT2D eigenvalue weighted by Gasteiger charge is -1.99. The predicted molar refractivity (Wildman–Crippen MR) is 88.8 cm³/mol. The average molecular weight is 382 g/mol. The first-order valence-corrected chi connectivity index (χ1v) is 9.21. The number of nitrogens with zero attached hydrogens (tertiary/aromatic N) is 1. The smallest absolute Gasteiger partial charge is 0.266 e. The van der Waals surface area contributed by atoms with Gasteiger partial charge in [-0.15, -0.1) is 3.89 Å². The second-order valence-corrected chi connectivity index (χ2v) is 6.64. The summed E-state index contributed by atoms with van der Waals surface area (Å²) in [6, 6.07) is 6.03. The number of rotatable bonds is 4. The Morgan fingerprint density at radius 1 is 1.48 bits per heavy atom. The van der Waals surface area contributed by atoms with Gasteiger partial charge >= 0.3 is 0 Å². The van der Waals surface area contributed by atoms with Gasteiger partial charge in [0.2, 0.25) is 5.52 Å². The number of hydrogen-bond donors (Lipinski definition) is 0. The van der Waals surface area contributed by atoms with Crippen molar-refractivity contribution in [1.29, 1.82) is 0 Å². The SMILES string of the molecule is CC/C(=C\c1sc2ccc(Cl)cc2[n+]1CC)OC.O=S(=O)([O-])F. The van der Waals surface area contributed by atoms with E-state index in [9.17, 15) is 3.89 Å². The van der Waals surface area contributed by atoms with Crippen LogP contribution in [-0.2, 0) is 21.8 Å². The van der Waals surface area contributed by atoms with Crippen LogP contribution in [0.2, 0.25) is 5.02 Å². The van der Waals surface area contributed by atoms with Gasteiger partial charge in [0.1, 0.15) is 17.0 Å². The van der Waals surface area contributed by atoms with E-state index in [-0.39, 0.29) is 0 Å². The zero-order valence-electron chi connectivity index (χ0n) is 12.9. The second kappa shape index (κ2) is 8.58. The van der Waals surface area contributed by atoms with Crippen molar-refractivity contribution in [1.82, 2.24) is 0 Å². The number of methoxy groups -OCH3 is 1. The van der Waals surface area contributed by atoms with E-state index in [0.29, 0.717) is 0 Å². The molecule has 2 aromatic rings. The molecule has 0 saturated carbocycles. The quantitative estimate of drug-likeness (QED) is 0.350. The van der Waals surface area contributed by atoms with Crippen LogP contribution in [0.4, 0.5) is 3.89 Å². The lowest BCUT2D eigenvalue weighted by atomic mass is 10.3. The van der Waals surface area contributed by atoms with Gasteiger partial charge in [-0.2, -0.15) is 4.57 Å². The minimum Gasteiger partial charge on any atom is -0.722 e. The number of fused-ring (bicyclic) bond motifs is 1. The maximum absolute atomic E-state index is 10.1. The van der Waals surface area contributed by atoms with E-state index < -0.39 is 10.5 Å². The molecule has 1 aromatic heterocycles. The second-order valence-electron chi connectivity index (χ2n) is 4.36. The van der Waals surface area contributed by atoms with Crippen LogP contribution in [0.3, 0.4) is 0 Å². The van der Waals surface area contributed by atoms with Crippen molar-refractivity contribution in [3.05, 3.63) is 34.0 Å². The van der Waals surface area contributed by atoms with Crippen molar-refractivity contribution in [2.24, 2.45) is 0 Å². The summed E-state index contributed by atoms with van der Waals surface area (Å²) in [5.74, 6) is 0.995. The first-order valence-electron chi connectivity index (χ1n) is 6.71. The van der Waals surface area contributed by atoms with E-state index in [0.717, 1.165) is 23.7 Å². The summed E-state index contributed by atoms with van der Waals surface area (Å²) >= 11 is 7.83. The molecule has 0 N–H and O–H groups in total. The predicted octanol–water partition coefficient (Wildman–Crippen LogP) is 3.68. The molecule has 0 amide bonds. The molecule has 1 aromatic carbocycles. The zero-order valence-corrected chi connectivity index (χ0v) is 15.3. The third kappa shape index (κ3) is 6.42. The summed E-state index contributed by atoms with van der Waals surface area (Å²) in [7, 11) is -3.70. The normalized spacial score (nSPS) is 12.0. The maximum atomic E-state index is 10.1. The lowest BCUT2D eigenvalue weighted by Crippen LogP contribution is -2.33. The Morgan fingerprint density at radius 3 is 2.57 bits per heavy atom. The van der Waals surface area contributed by atoms with Crippen molar-refractivity contribution in [3.63, 3.8) is 0 Å². The van der Waals surface area contributed by atoms with Crippen LogP contribution < -0.4 is 4.57 Å². The molecule has 128 valence electrons. The summed E-state index contributed by atoms with van der Waals surface area (Å²) in [6.45, 7) is 5.16. The van der Waals surface area contributed by atoms with Crippen molar-refractivity contribution < 1.29 is 26.2 Å². The van der Waals surface area contributed by atoms with Gasteiger partial charge in [-0.05, 0) is 19.1 Å². The highest BCUT2D eigenvalue weighted by Crippen LogP contribution is 2.25. The highest BCUT2D eigenvalue weighted by atomic mass is 35.5. The summed E-state index contributed by atoms with van der Waals surface area (Å²) in [5.41, 5.74) is 1.19. The van der Waals surface area contributed by atoms with Crippen LogP contribution in [-0.4, -0.2) is 20.1 Å². The van der Waals surface area contributed by atoms with E-state index in [2.05, 4.69) is 30.6 Å². The Hall–Kier alpha value is -1.22. The summed E-state index contributed by atoms with van der Waals surface area (Å²) < 4.78 is 44.2. The highest BCUT2D eigenvalue weighted by molar-refractivity contribution is 7.80. The molecule has 2 rings (SSSR count). The number of ether oxygens (including phenoxy) is 1. The molecule has 0 atom stereocenters. The molecule has 0 fully saturated rings. The van der Waals surface area contributed by atoms with Crippen LogP contribution in [0, 0.1) is 0 Å². The number of hydrogen-bond acceptors (Lipinski definition) is 5. The third-order valence-corrected chi connectivity index (χ3v) is 4.25. The molecule has 23 heavy (non-hydrogen) atoms. The molecule has 0 aliphatic rings. The third-order valence-electron chi connectivity index (χ3n) is 2.90. The highest BCUT2D eigenvalue weighted by Gasteiger charge is 2.18. The van der Waals surface area contributed by atoms with E-state index >= 15 is 0 Å². The summed E-state index contributed by atoms with van der Waals surface area (Å²) in [4.78, 5) is 0. The Morgan fingerprint density at radius 2 is 2.09 bits per heavy atom.